The zero-order chi connectivity index (χ0) is 12.4. The van der Waals surface area contributed by atoms with Crippen molar-refractivity contribution in [3.05, 3.63) is 58.8 Å². The number of nitrogens with zero attached hydrogens (tertiary/aromatic N) is 1. The molecule has 2 rings (SSSR count). The van der Waals surface area contributed by atoms with Gasteiger partial charge in [-0.2, -0.15) is 0 Å². The molecule has 0 radical (unpaired) electrons. The summed E-state index contributed by atoms with van der Waals surface area (Å²) in [6, 6.07) is 5.94. The minimum absolute atomic E-state index is 0.240. The Kier molecular flexibility index (Phi) is 3.04. The molecule has 0 bridgehead atoms. The Hall–Kier alpha value is -1.97. The van der Waals surface area contributed by atoms with E-state index >= 15 is 0 Å². The Morgan fingerprint density at radius 3 is 2.76 bits per heavy atom. The van der Waals surface area contributed by atoms with Crippen molar-refractivity contribution in [1.82, 2.24) is 4.98 Å². The van der Waals surface area contributed by atoms with Crippen molar-refractivity contribution >= 4 is 5.82 Å². The Morgan fingerprint density at radius 2 is 2.00 bits per heavy atom. The number of anilines is 1. The second-order valence-corrected chi connectivity index (χ2v) is 3.95. The van der Waals surface area contributed by atoms with Crippen molar-refractivity contribution in [2.45, 2.75) is 13.3 Å². The van der Waals surface area contributed by atoms with Gasteiger partial charge in [-0.3, -0.25) is 0 Å². The smallest absolute Gasteiger partial charge is 0.162 e. The van der Waals surface area contributed by atoms with Gasteiger partial charge >= 0.3 is 0 Å². The minimum atomic E-state index is -0.846. The Morgan fingerprint density at radius 1 is 1.24 bits per heavy atom. The lowest BCUT2D eigenvalue weighted by atomic mass is 10.0. The number of halogens is 2. The maximum Gasteiger partial charge on any atom is 0.162 e. The zero-order valence-electron chi connectivity index (χ0n) is 9.37. The van der Waals surface area contributed by atoms with Crippen LogP contribution in [0.1, 0.15) is 16.7 Å². The topological polar surface area (TPSA) is 38.9 Å². The molecule has 0 amide bonds. The fourth-order valence-corrected chi connectivity index (χ4v) is 1.67. The summed E-state index contributed by atoms with van der Waals surface area (Å²) < 4.78 is 26.5. The van der Waals surface area contributed by atoms with Crippen LogP contribution < -0.4 is 5.73 Å². The van der Waals surface area contributed by atoms with Crippen LogP contribution in [0, 0.1) is 18.6 Å². The first kappa shape index (κ1) is 11.5. The van der Waals surface area contributed by atoms with Crippen LogP contribution in [0.2, 0.25) is 0 Å². The van der Waals surface area contributed by atoms with Crippen LogP contribution in [0.15, 0.2) is 30.5 Å². The molecule has 0 atom stereocenters. The van der Waals surface area contributed by atoms with Gasteiger partial charge in [0.2, 0.25) is 0 Å². The first-order chi connectivity index (χ1) is 8.08. The number of aromatic nitrogens is 1. The monoisotopic (exact) mass is 234 g/mol. The second-order valence-electron chi connectivity index (χ2n) is 3.95. The quantitative estimate of drug-likeness (QED) is 0.867. The summed E-state index contributed by atoms with van der Waals surface area (Å²) >= 11 is 0. The summed E-state index contributed by atoms with van der Waals surface area (Å²) in [6.07, 6.45) is 1.88. The molecule has 0 spiro atoms. The van der Waals surface area contributed by atoms with Crippen LogP contribution in [0.25, 0.3) is 0 Å². The van der Waals surface area contributed by atoms with Crippen molar-refractivity contribution in [1.29, 1.82) is 0 Å². The largest absolute Gasteiger partial charge is 0.383 e. The molecule has 0 unspecified atom stereocenters. The van der Waals surface area contributed by atoms with Crippen LogP contribution in [0.5, 0.6) is 0 Å². The van der Waals surface area contributed by atoms with Crippen LogP contribution in [0.3, 0.4) is 0 Å². The van der Waals surface area contributed by atoms with Crippen molar-refractivity contribution in [2.24, 2.45) is 0 Å². The molecule has 17 heavy (non-hydrogen) atoms. The SMILES string of the molecule is Cc1cnc(N)c(Cc2cccc(F)c2F)c1. The predicted molar refractivity (Wildman–Crippen MR) is 62.6 cm³/mol. The third-order valence-electron chi connectivity index (χ3n) is 2.55. The third-order valence-corrected chi connectivity index (χ3v) is 2.55. The zero-order valence-corrected chi connectivity index (χ0v) is 9.37. The van der Waals surface area contributed by atoms with Crippen LogP contribution in [0.4, 0.5) is 14.6 Å². The summed E-state index contributed by atoms with van der Waals surface area (Å²) in [5, 5.41) is 0. The van der Waals surface area contributed by atoms with Crippen molar-refractivity contribution < 1.29 is 8.78 Å². The summed E-state index contributed by atoms with van der Waals surface area (Å²) in [6.45, 7) is 1.87. The summed E-state index contributed by atoms with van der Waals surface area (Å²) in [7, 11) is 0. The molecule has 2 N–H and O–H groups in total. The lowest BCUT2D eigenvalue weighted by Gasteiger charge is -2.07. The van der Waals surface area contributed by atoms with Gasteiger partial charge in [0.15, 0.2) is 11.6 Å². The van der Waals surface area contributed by atoms with E-state index in [0.29, 0.717) is 11.4 Å². The highest BCUT2D eigenvalue weighted by Gasteiger charge is 2.10. The van der Waals surface area contributed by atoms with Gasteiger partial charge in [0.25, 0.3) is 0 Å². The van der Waals surface area contributed by atoms with E-state index in [4.69, 9.17) is 5.73 Å². The van der Waals surface area contributed by atoms with Crippen molar-refractivity contribution in [3.63, 3.8) is 0 Å². The first-order valence-corrected chi connectivity index (χ1v) is 5.22. The van der Waals surface area contributed by atoms with E-state index in [1.165, 1.54) is 6.07 Å². The Bertz CT molecular complexity index is 553. The van der Waals surface area contributed by atoms with Crippen LogP contribution in [-0.2, 0) is 6.42 Å². The molecular weight excluding hydrogens is 222 g/mol. The van der Waals surface area contributed by atoms with E-state index in [0.717, 1.165) is 11.6 Å². The fourth-order valence-electron chi connectivity index (χ4n) is 1.67. The van der Waals surface area contributed by atoms with Gasteiger partial charge in [-0.15, -0.1) is 0 Å². The molecule has 2 nitrogen and oxygen atoms in total. The number of hydrogen-bond donors (Lipinski definition) is 1. The van der Waals surface area contributed by atoms with Crippen LogP contribution in [-0.4, -0.2) is 4.98 Å². The molecule has 1 aromatic heterocycles. The summed E-state index contributed by atoms with van der Waals surface area (Å²) in [4.78, 5) is 3.99. The molecule has 1 heterocycles. The number of benzene rings is 1. The van der Waals surface area contributed by atoms with E-state index in [9.17, 15) is 8.78 Å². The number of pyridine rings is 1. The number of nitrogens with two attached hydrogens (primary N) is 1. The average Bonchev–Trinajstić information content (AvgIpc) is 2.30. The number of nitrogen functional groups attached to an aromatic ring is 1. The molecular formula is C13H12F2N2. The van der Waals surface area contributed by atoms with Gasteiger partial charge in [-0.05, 0) is 29.7 Å². The van der Waals surface area contributed by atoms with Crippen molar-refractivity contribution in [3.8, 4) is 0 Å². The summed E-state index contributed by atoms with van der Waals surface area (Å²) in [5.41, 5.74) is 7.62. The Balaban J connectivity index is 2.38. The second kappa shape index (κ2) is 4.49. The maximum absolute atomic E-state index is 13.5. The lowest BCUT2D eigenvalue weighted by molar-refractivity contribution is 0.501. The fraction of sp³-hybridized carbons (Fsp3) is 0.154. The van der Waals surface area contributed by atoms with Crippen LogP contribution >= 0.6 is 0 Å². The molecule has 0 aliphatic rings. The van der Waals surface area contributed by atoms with Gasteiger partial charge in [0.05, 0.1) is 0 Å². The average molecular weight is 234 g/mol. The lowest BCUT2D eigenvalue weighted by Crippen LogP contribution is -2.01. The number of aryl methyl sites for hydroxylation is 1. The summed E-state index contributed by atoms with van der Waals surface area (Å²) in [5.74, 6) is -1.32. The van der Waals surface area contributed by atoms with E-state index in [2.05, 4.69) is 4.98 Å². The predicted octanol–water partition coefficient (Wildman–Crippen LogP) is 2.84. The molecule has 0 aliphatic carbocycles. The molecule has 0 saturated heterocycles. The normalized spacial score (nSPS) is 10.5. The van der Waals surface area contributed by atoms with E-state index in [1.54, 1.807) is 12.3 Å². The van der Waals surface area contributed by atoms with E-state index in [1.807, 2.05) is 13.0 Å². The molecule has 88 valence electrons. The van der Waals surface area contributed by atoms with E-state index < -0.39 is 11.6 Å². The minimum Gasteiger partial charge on any atom is -0.383 e. The number of hydrogen-bond acceptors (Lipinski definition) is 2. The highest BCUT2D eigenvalue weighted by Crippen LogP contribution is 2.19. The van der Waals surface area contributed by atoms with E-state index in [-0.39, 0.29) is 12.0 Å². The molecule has 4 heteroatoms. The first-order valence-electron chi connectivity index (χ1n) is 5.22. The van der Waals surface area contributed by atoms with Crippen molar-refractivity contribution in [2.75, 3.05) is 5.73 Å². The molecule has 1 aromatic carbocycles. The van der Waals surface area contributed by atoms with Gasteiger partial charge in [0, 0.05) is 12.6 Å². The van der Waals surface area contributed by atoms with Gasteiger partial charge in [0.1, 0.15) is 5.82 Å². The van der Waals surface area contributed by atoms with Gasteiger partial charge in [-0.25, -0.2) is 13.8 Å². The highest BCUT2D eigenvalue weighted by molar-refractivity contribution is 5.43. The van der Waals surface area contributed by atoms with Gasteiger partial charge in [-0.1, -0.05) is 18.2 Å². The molecule has 2 aromatic rings. The number of rotatable bonds is 2. The highest BCUT2D eigenvalue weighted by atomic mass is 19.2. The maximum atomic E-state index is 13.5. The molecule has 0 fully saturated rings. The molecule has 0 saturated carbocycles. The third kappa shape index (κ3) is 2.41. The van der Waals surface area contributed by atoms with Gasteiger partial charge < -0.3 is 5.73 Å². The standard InChI is InChI=1S/C13H12F2N2/c1-8-5-10(13(16)17-7-8)6-9-3-2-4-11(14)12(9)15/h2-5,7H,6H2,1H3,(H2,16,17). The Labute approximate surface area is 98.1 Å². The molecule has 0 aliphatic heterocycles.